The fraction of sp³-hybridized carbons (Fsp3) is 0.833. The molecule has 0 heterocycles. The number of halogens is 3. The van der Waals surface area contributed by atoms with Gasteiger partial charge in [-0.1, -0.05) is 0 Å². The molecule has 0 amide bonds. The van der Waals surface area contributed by atoms with Crippen molar-refractivity contribution in [3.8, 4) is 0 Å². The van der Waals surface area contributed by atoms with Gasteiger partial charge in [0.1, 0.15) is 0 Å². The molecule has 0 rings (SSSR count). The van der Waals surface area contributed by atoms with E-state index >= 15 is 0 Å². The highest BCUT2D eigenvalue weighted by Crippen LogP contribution is 2.20. The minimum absolute atomic E-state index is 0.181. The maximum absolute atomic E-state index is 10.7. The molecule has 0 aromatic carbocycles. The van der Waals surface area contributed by atoms with Gasteiger partial charge >= 0.3 is 11.5 Å². The number of hydrogen-bond acceptors (Lipinski definition) is 4. The van der Waals surface area contributed by atoms with Gasteiger partial charge in [-0.25, -0.2) is 13.2 Å². The van der Waals surface area contributed by atoms with Crippen molar-refractivity contribution in [2.75, 3.05) is 27.7 Å². The minimum Gasteiger partial charge on any atom is -0.741 e. The molecular weight excluding hydrogens is 255 g/mol. The van der Waals surface area contributed by atoms with Crippen molar-refractivity contribution in [1.29, 1.82) is 0 Å². The van der Waals surface area contributed by atoms with E-state index in [-0.39, 0.29) is 6.54 Å². The maximum Gasteiger partial charge on any atom is 0.485 e. The van der Waals surface area contributed by atoms with Gasteiger partial charge in [-0.3, -0.25) is 0 Å². The van der Waals surface area contributed by atoms with Gasteiger partial charge in [0.15, 0.2) is 16.7 Å². The number of carboxylic acid groups (broad SMARTS) is 1. The molecule has 0 aliphatic heterocycles. The van der Waals surface area contributed by atoms with Crippen LogP contribution in [-0.2, 0) is 14.9 Å². The number of carbonyl (C=O) groups is 1. The third-order valence-electron chi connectivity index (χ3n) is 0.893. The van der Waals surface area contributed by atoms with Crippen LogP contribution in [0.25, 0.3) is 0 Å². The van der Waals surface area contributed by atoms with E-state index in [4.69, 9.17) is 18.1 Å². The Labute approximate surface area is 90.6 Å². The van der Waals surface area contributed by atoms with Crippen LogP contribution in [0.4, 0.5) is 13.2 Å². The minimum atomic E-state index is -6.09. The number of nitrogens with zero attached hydrogens (tertiary/aromatic N) is 1. The average molecular weight is 267 g/mol. The zero-order chi connectivity index (χ0) is 13.8. The lowest BCUT2D eigenvalue weighted by atomic mass is 10.5. The van der Waals surface area contributed by atoms with Crippen LogP contribution in [0.5, 0.6) is 0 Å². The Balaban J connectivity index is 0. The van der Waals surface area contributed by atoms with Gasteiger partial charge in [-0.05, 0) is 0 Å². The number of aliphatic carboxylic acids is 1. The van der Waals surface area contributed by atoms with Gasteiger partial charge < -0.3 is 14.1 Å². The van der Waals surface area contributed by atoms with Gasteiger partial charge in [0.2, 0.25) is 0 Å². The fourth-order valence-electron chi connectivity index (χ4n) is 0.406. The molecule has 0 radical (unpaired) electrons. The second-order valence-corrected chi connectivity index (χ2v) is 5.11. The summed E-state index contributed by atoms with van der Waals surface area (Å²) in [5.74, 6) is -0.752. The summed E-state index contributed by atoms with van der Waals surface area (Å²) in [5.41, 5.74) is -5.65. The van der Waals surface area contributed by atoms with Crippen LogP contribution in [-0.4, -0.2) is 61.7 Å². The van der Waals surface area contributed by atoms with E-state index in [9.17, 15) is 18.0 Å². The van der Waals surface area contributed by atoms with Gasteiger partial charge in [-0.15, -0.1) is 0 Å². The van der Waals surface area contributed by atoms with E-state index in [2.05, 4.69) is 0 Å². The first kappa shape index (κ1) is 17.5. The first-order valence-electron chi connectivity index (χ1n) is 3.71. The molecule has 10 heteroatoms. The highest BCUT2D eigenvalue weighted by molar-refractivity contribution is 7.86. The SMILES string of the molecule is C[N+](C)(C)CC(=O)O.O=S(=O)([O-])C(F)(F)F. The number of rotatable bonds is 2. The van der Waals surface area contributed by atoms with Crippen LogP contribution in [0.15, 0.2) is 0 Å². The normalized spacial score (nSPS) is 12.7. The number of hydrogen-bond donors (Lipinski definition) is 1. The molecule has 0 fully saturated rings. The fourth-order valence-corrected chi connectivity index (χ4v) is 0.406. The van der Waals surface area contributed by atoms with Gasteiger partial charge in [-0.2, -0.15) is 13.2 Å². The summed E-state index contributed by atoms with van der Waals surface area (Å²) in [4.78, 5) is 10.00. The van der Waals surface area contributed by atoms with E-state index in [0.717, 1.165) is 0 Å². The van der Waals surface area contributed by atoms with E-state index in [1.807, 2.05) is 21.1 Å². The molecule has 0 spiro atoms. The summed E-state index contributed by atoms with van der Waals surface area (Å²) in [6.07, 6.45) is 0. The molecule has 0 unspecified atom stereocenters. The molecule has 0 atom stereocenters. The van der Waals surface area contributed by atoms with Crippen molar-refractivity contribution < 1.29 is 40.5 Å². The molecule has 0 aromatic heterocycles. The molecule has 16 heavy (non-hydrogen) atoms. The molecule has 0 aromatic rings. The number of likely N-dealkylation sites (N-methyl/N-ethyl adjacent to an activating group) is 1. The zero-order valence-corrected chi connectivity index (χ0v) is 9.59. The predicted molar refractivity (Wildman–Crippen MR) is 46.3 cm³/mol. The Morgan fingerprint density at radius 1 is 1.31 bits per heavy atom. The number of quaternary nitrogens is 1. The monoisotopic (exact) mass is 267 g/mol. The molecule has 0 saturated heterocycles. The van der Waals surface area contributed by atoms with Crippen molar-refractivity contribution in [1.82, 2.24) is 0 Å². The molecule has 6 nitrogen and oxygen atoms in total. The maximum atomic E-state index is 10.7. The second-order valence-electron chi connectivity index (χ2n) is 3.74. The predicted octanol–water partition coefficient (Wildman–Crippen LogP) is -0.171. The number of carboxylic acids is 1. The molecule has 0 aliphatic carbocycles. The van der Waals surface area contributed by atoms with Gasteiger partial charge in [0.05, 0.1) is 21.1 Å². The van der Waals surface area contributed by atoms with Crippen molar-refractivity contribution in [2.24, 2.45) is 0 Å². The van der Waals surface area contributed by atoms with E-state index < -0.39 is 21.6 Å². The van der Waals surface area contributed by atoms with Crippen molar-refractivity contribution >= 4 is 16.1 Å². The van der Waals surface area contributed by atoms with Crippen LogP contribution >= 0.6 is 0 Å². The summed E-state index contributed by atoms with van der Waals surface area (Å²) >= 11 is 0. The molecule has 0 bridgehead atoms. The van der Waals surface area contributed by atoms with E-state index in [1.165, 1.54) is 0 Å². The number of alkyl halides is 3. The van der Waals surface area contributed by atoms with Crippen LogP contribution in [0, 0.1) is 0 Å². The van der Waals surface area contributed by atoms with Crippen LogP contribution in [0.2, 0.25) is 0 Å². The lowest BCUT2D eigenvalue weighted by molar-refractivity contribution is -0.862. The molecule has 0 aliphatic rings. The van der Waals surface area contributed by atoms with E-state index in [1.54, 1.807) is 0 Å². The highest BCUT2D eigenvalue weighted by atomic mass is 32.2. The van der Waals surface area contributed by atoms with Crippen LogP contribution in [0.3, 0.4) is 0 Å². The quantitative estimate of drug-likeness (QED) is 0.426. The molecule has 0 saturated carbocycles. The van der Waals surface area contributed by atoms with Crippen molar-refractivity contribution in [3.05, 3.63) is 0 Å². The largest absolute Gasteiger partial charge is 0.741 e. The summed E-state index contributed by atoms with van der Waals surface area (Å²) < 4.78 is 59.4. The van der Waals surface area contributed by atoms with E-state index in [0.29, 0.717) is 4.48 Å². The Bertz CT molecular complexity index is 329. The molecule has 98 valence electrons. The Hall–Kier alpha value is -0.870. The van der Waals surface area contributed by atoms with Gasteiger partial charge in [0, 0.05) is 0 Å². The Kier molecular flexibility index (Phi) is 5.98. The third kappa shape index (κ3) is 11.2. The van der Waals surface area contributed by atoms with Crippen molar-refractivity contribution in [3.63, 3.8) is 0 Å². The summed E-state index contributed by atoms with van der Waals surface area (Å²) in [6.45, 7) is 0.181. The first-order chi connectivity index (χ1) is 6.67. The highest BCUT2D eigenvalue weighted by Gasteiger charge is 2.36. The Morgan fingerprint density at radius 2 is 1.56 bits per heavy atom. The second kappa shape index (κ2) is 5.46. The molecule has 1 N–H and O–H groups in total. The standard InChI is InChI=1S/C5H11NO2.CHF3O3S/c1-6(2,3)4-5(7)8;2-1(3,4)8(5,6)7/h4H2,1-3H3;(H,5,6,7). The zero-order valence-electron chi connectivity index (χ0n) is 8.78. The van der Waals surface area contributed by atoms with Crippen molar-refractivity contribution in [2.45, 2.75) is 5.51 Å². The third-order valence-corrected chi connectivity index (χ3v) is 1.46. The summed E-state index contributed by atoms with van der Waals surface area (Å²) in [5, 5.41) is 8.23. The molecular formula is C6H12F3NO5S. The smallest absolute Gasteiger partial charge is 0.485 e. The van der Waals surface area contributed by atoms with Crippen LogP contribution < -0.4 is 0 Å². The Morgan fingerprint density at radius 3 is 1.56 bits per heavy atom. The summed E-state index contributed by atoms with van der Waals surface area (Å²) in [7, 11) is -0.566. The van der Waals surface area contributed by atoms with Crippen LogP contribution in [0.1, 0.15) is 0 Å². The lowest BCUT2D eigenvalue weighted by Crippen LogP contribution is -2.39. The average Bonchev–Trinajstić information content (AvgIpc) is 1.74. The first-order valence-corrected chi connectivity index (χ1v) is 5.12. The lowest BCUT2D eigenvalue weighted by Gasteiger charge is -2.20. The topological polar surface area (TPSA) is 94.5 Å². The van der Waals surface area contributed by atoms with Gasteiger partial charge in [0.25, 0.3) is 0 Å². The summed E-state index contributed by atoms with van der Waals surface area (Å²) in [6, 6.07) is 0.